The maximum Gasteiger partial charge on any atom is 0.322 e. The number of methoxy groups -OCH3 is 1. The number of anilines is 1. The summed E-state index contributed by atoms with van der Waals surface area (Å²) in [6, 6.07) is 1.55. The monoisotopic (exact) mass is 214 g/mol. The van der Waals surface area contributed by atoms with Crippen molar-refractivity contribution in [1.82, 2.24) is 5.32 Å². The zero-order chi connectivity index (χ0) is 10.6. The molecule has 1 aromatic heterocycles. The van der Waals surface area contributed by atoms with Crippen LogP contribution in [-0.2, 0) is 16.1 Å². The molecule has 0 aliphatic carbocycles. The number of nitrogen functional groups attached to an aromatic ring is 1. The van der Waals surface area contributed by atoms with Gasteiger partial charge in [0.1, 0.15) is 6.04 Å². The predicted octanol–water partition coefficient (Wildman–Crippen LogP) is 0.981. The molecule has 1 rings (SSSR count). The van der Waals surface area contributed by atoms with Crippen molar-refractivity contribution in [3.05, 3.63) is 16.3 Å². The van der Waals surface area contributed by atoms with Crippen LogP contribution in [0.25, 0.3) is 0 Å². The summed E-state index contributed by atoms with van der Waals surface area (Å²) in [5.74, 6) is -0.264. The third-order valence-corrected chi connectivity index (χ3v) is 2.84. The van der Waals surface area contributed by atoms with Crippen LogP contribution in [0.2, 0.25) is 0 Å². The molecule has 4 nitrogen and oxygen atoms in total. The standard InChI is InChI=1S/C9H14N2O2S/c1-6(9(12)13-2)11-5-8-7(10)3-4-14-8/h3-4,6,11H,5,10H2,1-2H3/t6-/m0/s1. The Labute approximate surface area is 87.1 Å². The van der Waals surface area contributed by atoms with Crippen LogP contribution in [0.1, 0.15) is 11.8 Å². The van der Waals surface area contributed by atoms with Gasteiger partial charge in [0.25, 0.3) is 0 Å². The third-order valence-electron chi connectivity index (χ3n) is 1.90. The van der Waals surface area contributed by atoms with Gasteiger partial charge in [0.2, 0.25) is 0 Å². The summed E-state index contributed by atoms with van der Waals surface area (Å²) < 4.78 is 4.58. The highest BCUT2D eigenvalue weighted by molar-refractivity contribution is 7.10. The fourth-order valence-electron chi connectivity index (χ4n) is 1.00. The number of ether oxygens (including phenoxy) is 1. The average Bonchev–Trinajstić information content (AvgIpc) is 2.59. The van der Waals surface area contributed by atoms with E-state index in [-0.39, 0.29) is 12.0 Å². The molecule has 0 unspecified atom stereocenters. The molecule has 0 spiro atoms. The van der Waals surface area contributed by atoms with Gasteiger partial charge in [-0.3, -0.25) is 10.1 Å². The second-order valence-electron chi connectivity index (χ2n) is 2.92. The van der Waals surface area contributed by atoms with Gasteiger partial charge in [-0.25, -0.2) is 0 Å². The van der Waals surface area contributed by atoms with Crippen LogP contribution in [0.3, 0.4) is 0 Å². The first-order chi connectivity index (χ1) is 6.65. The van der Waals surface area contributed by atoms with E-state index < -0.39 is 0 Å². The first kappa shape index (κ1) is 11.0. The van der Waals surface area contributed by atoms with E-state index in [0.717, 1.165) is 10.6 Å². The maximum atomic E-state index is 11.0. The fraction of sp³-hybridized carbons (Fsp3) is 0.444. The average molecular weight is 214 g/mol. The van der Waals surface area contributed by atoms with Gasteiger partial charge >= 0.3 is 5.97 Å². The van der Waals surface area contributed by atoms with Crippen LogP contribution in [0.4, 0.5) is 5.69 Å². The number of thiophene rings is 1. The van der Waals surface area contributed by atoms with Crippen molar-refractivity contribution in [2.45, 2.75) is 19.5 Å². The molecule has 14 heavy (non-hydrogen) atoms. The molecule has 0 saturated carbocycles. The Bertz CT molecular complexity index is 312. The Morgan fingerprint density at radius 3 is 3.00 bits per heavy atom. The zero-order valence-electron chi connectivity index (χ0n) is 8.24. The topological polar surface area (TPSA) is 64.3 Å². The first-order valence-electron chi connectivity index (χ1n) is 4.28. The molecule has 3 N–H and O–H groups in total. The van der Waals surface area contributed by atoms with Gasteiger partial charge < -0.3 is 10.5 Å². The van der Waals surface area contributed by atoms with Crippen molar-refractivity contribution in [1.29, 1.82) is 0 Å². The maximum absolute atomic E-state index is 11.0. The third kappa shape index (κ3) is 2.71. The Hall–Kier alpha value is -1.07. The van der Waals surface area contributed by atoms with Gasteiger partial charge in [-0.2, -0.15) is 0 Å². The predicted molar refractivity (Wildman–Crippen MR) is 57.0 cm³/mol. The van der Waals surface area contributed by atoms with Crippen LogP contribution in [0.15, 0.2) is 11.4 Å². The van der Waals surface area contributed by atoms with E-state index in [1.54, 1.807) is 18.3 Å². The number of rotatable bonds is 4. The normalized spacial score (nSPS) is 12.4. The minimum absolute atomic E-state index is 0.264. The van der Waals surface area contributed by atoms with Crippen LogP contribution >= 0.6 is 11.3 Å². The van der Waals surface area contributed by atoms with Gasteiger partial charge in [-0.1, -0.05) is 0 Å². The van der Waals surface area contributed by atoms with Crippen LogP contribution < -0.4 is 11.1 Å². The smallest absolute Gasteiger partial charge is 0.322 e. The summed E-state index contributed by atoms with van der Waals surface area (Å²) >= 11 is 1.57. The summed E-state index contributed by atoms with van der Waals surface area (Å²) in [5, 5.41) is 4.96. The molecule has 1 aromatic rings. The van der Waals surface area contributed by atoms with E-state index in [1.807, 2.05) is 11.4 Å². The number of hydrogen-bond donors (Lipinski definition) is 2. The van der Waals surface area contributed by atoms with E-state index in [0.29, 0.717) is 6.54 Å². The molecule has 5 heteroatoms. The molecule has 0 saturated heterocycles. The lowest BCUT2D eigenvalue weighted by molar-refractivity contribution is -0.142. The van der Waals surface area contributed by atoms with Crippen LogP contribution in [0, 0.1) is 0 Å². The second kappa shape index (κ2) is 4.97. The Morgan fingerprint density at radius 2 is 2.50 bits per heavy atom. The number of hydrogen-bond acceptors (Lipinski definition) is 5. The Morgan fingerprint density at radius 1 is 1.79 bits per heavy atom. The van der Waals surface area contributed by atoms with Gasteiger partial charge in [0.15, 0.2) is 0 Å². The molecule has 0 aromatic carbocycles. The summed E-state index contributed by atoms with van der Waals surface area (Å²) in [6.07, 6.45) is 0. The number of nitrogens with two attached hydrogens (primary N) is 1. The second-order valence-corrected chi connectivity index (χ2v) is 3.93. The van der Waals surface area contributed by atoms with E-state index in [4.69, 9.17) is 5.73 Å². The minimum atomic E-state index is -0.304. The molecular weight excluding hydrogens is 200 g/mol. The number of carbonyl (C=O) groups excluding carboxylic acids is 1. The number of nitrogens with one attached hydrogen (secondary N) is 1. The van der Waals surface area contributed by atoms with E-state index in [1.165, 1.54) is 7.11 Å². The molecular formula is C9H14N2O2S. The first-order valence-corrected chi connectivity index (χ1v) is 5.16. The lowest BCUT2D eigenvalue weighted by atomic mass is 10.3. The molecule has 0 radical (unpaired) electrons. The van der Waals surface area contributed by atoms with Crippen LogP contribution in [-0.4, -0.2) is 19.1 Å². The molecule has 0 fully saturated rings. The van der Waals surface area contributed by atoms with Crippen molar-refractivity contribution in [2.75, 3.05) is 12.8 Å². The van der Waals surface area contributed by atoms with Gasteiger partial charge in [0, 0.05) is 17.1 Å². The zero-order valence-corrected chi connectivity index (χ0v) is 9.06. The van der Waals surface area contributed by atoms with Gasteiger partial charge in [-0.05, 0) is 18.4 Å². The van der Waals surface area contributed by atoms with Crippen LogP contribution in [0.5, 0.6) is 0 Å². The molecule has 0 aliphatic heterocycles. The highest BCUT2D eigenvalue weighted by atomic mass is 32.1. The largest absolute Gasteiger partial charge is 0.468 e. The Balaban J connectivity index is 2.41. The van der Waals surface area contributed by atoms with Gasteiger partial charge in [-0.15, -0.1) is 11.3 Å². The molecule has 78 valence electrons. The highest BCUT2D eigenvalue weighted by Crippen LogP contribution is 2.18. The van der Waals surface area contributed by atoms with Crippen molar-refractivity contribution in [3.63, 3.8) is 0 Å². The highest BCUT2D eigenvalue weighted by Gasteiger charge is 2.12. The summed E-state index contributed by atoms with van der Waals surface area (Å²) in [6.45, 7) is 2.36. The quantitative estimate of drug-likeness (QED) is 0.733. The van der Waals surface area contributed by atoms with Crippen molar-refractivity contribution >= 4 is 23.0 Å². The lowest BCUT2D eigenvalue weighted by Crippen LogP contribution is -2.34. The van der Waals surface area contributed by atoms with E-state index in [2.05, 4.69) is 10.1 Å². The van der Waals surface area contributed by atoms with E-state index >= 15 is 0 Å². The van der Waals surface area contributed by atoms with Crippen molar-refractivity contribution < 1.29 is 9.53 Å². The minimum Gasteiger partial charge on any atom is -0.468 e. The SMILES string of the molecule is COC(=O)[C@H](C)NCc1sccc1N. The summed E-state index contributed by atoms with van der Waals surface area (Å²) in [5.41, 5.74) is 6.45. The van der Waals surface area contributed by atoms with E-state index in [9.17, 15) is 4.79 Å². The van der Waals surface area contributed by atoms with Gasteiger partial charge in [0.05, 0.1) is 7.11 Å². The van der Waals surface area contributed by atoms with Crippen molar-refractivity contribution in [2.24, 2.45) is 0 Å². The molecule has 0 bridgehead atoms. The number of carbonyl (C=O) groups is 1. The molecule has 0 aliphatic rings. The molecule has 1 heterocycles. The Kier molecular flexibility index (Phi) is 3.91. The molecule has 0 amide bonds. The number of esters is 1. The van der Waals surface area contributed by atoms with Crippen molar-refractivity contribution in [3.8, 4) is 0 Å². The summed E-state index contributed by atoms with van der Waals surface area (Å²) in [4.78, 5) is 12.1. The summed E-state index contributed by atoms with van der Waals surface area (Å²) in [7, 11) is 1.38. The lowest BCUT2D eigenvalue weighted by Gasteiger charge is -2.10. The fourth-order valence-corrected chi connectivity index (χ4v) is 1.75. The molecule has 1 atom stereocenters.